The average Bonchev–Trinajstić information content (AvgIpc) is 2.04. The first-order valence-corrected chi connectivity index (χ1v) is 4.96. The molecule has 0 aromatic rings. The van der Waals surface area contributed by atoms with Crippen LogP contribution >= 0.6 is 0 Å². The van der Waals surface area contributed by atoms with Gasteiger partial charge < -0.3 is 0 Å². The van der Waals surface area contributed by atoms with Gasteiger partial charge in [0.15, 0.2) is 0 Å². The van der Waals surface area contributed by atoms with Gasteiger partial charge in [0.1, 0.15) is 0 Å². The first-order chi connectivity index (χ1) is 5.89. The summed E-state index contributed by atoms with van der Waals surface area (Å²) in [5, 5.41) is 0. The first kappa shape index (κ1) is 10.9. The Morgan fingerprint density at radius 1 is 1.23 bits per heavy atom. The van der Waals surface area contributed by atoms with Crippen molar-refractivity contribution in [1.29, 1.82) is 0 Å². The summed E-state index contributed by atoms with van der Waals surface area (Å²) >= 11 is 0. The fourth-order valence-corrected chi connectivity index (χ4v) is 2.01. The zero-order chi connectivity index (χ0) is 10.1. The molecule has 1 rings (SSSR count). The molecule has 0 aliphatic heterocycles. The lowest BCUT2D eigenvalue weighted by Crippen LogP contribution is -2.38. The van der Waals surface area contributed by atoms with Gasteiger partial charge in [0, 0.05) is 0 Å². The largest absolute Gasteiger partial charge is 0.394 e. The van der Waals surface area contributed by atoms with E-state index in [0.29, 0.717) is 18.8 Å². The Morgan fingerprint density at radius 2 is 1.69 bits per heavy atom. The van der Waals surface area contributed by atoms with Crippen molar-refractivity contribution in [2.75, 3.05) is 0 Å². The average molecular weight is 194 g/mol. The predicted molar refractivity (Wildman–Crippen MR) is 46.4 cm³/mol. The summed E-state index contributed by atoms with van der Waals surface area (Å²) in [7, 11) is 0. The highest BCUT2D eigenvalue weighted by molar-refractivity contribution is 4.87. The highest BCUT2D eigenvalue weighted by atomic mass is 19.4. The highest BCUT2D eigenvalue weighted by Gasteiger charge is 2.51. The molecular formula is C10H17F3. The second-order valence-electron chi connectivity index (χ2n) is 4.41. The lowest BCUT2D eigenvalue weighted by molar-refractivity contribution is -0.229. The van der Waals surface area contributed by atoms with E-state index in [-0.39, 0.29) is 0 Å². The van der Waals surface area contributed by atoms with Crippen LogP contribution in [0.2, 0.25) is 0 Å². The highest BCUT2D eigenvalue weighted by Crippen LogP contribution is 2.50. The van der Waals surface area contributed by atoms with E-state index in [2.05, 4.69) is 6.92 Å². The molecule has 0 amide bonds. The Balaban J connectivity index is 2.57. The quantitative estimate of drug-likeness (QED) is 0.588. The van der Waals surface area contributed by atoms with Crippen LogP contribution in [0.25, 0.3) is 0 Å². The zero-order valence-electron chi connectivity index (χ0n) is 8.25. The maximum atomic E-state index is 12.6. The van der Waals surface area contributed by atoms with Gasteiger partial charge in [-0.2, -0.15) is 13.2 Å². The van der Waals surface area contributed by atoms with E-state index in [1.54, 1.807) is 0 Å². The van der Waals surface area contributed by atoms with E-state index in [1.165, 1.54) is 6.92 Å². The van der Waals surface area contributed by atoms with Crippen molar-refractivity contribution in [3.05, 3.63) is 0 Å². The predicted octanol–water partition coefficient (Wildman–Crippen LogP) is 4.16. The number of halogens is 3. The van der Waals surface area contributed by atoms with Gasteiger partial charge in [0.2, 0.25) is 0 Å². The maximum absolute atomic E-state index is 12.6. The topological polar surface area (TPSA) is 0 Å². The Bertz CT molecular complexity index is 163. The van der Waals surface area contributed by atoms with Crippen LogP contribution in [-0.2, 0) is 0 Å². The lowest BCUT2D eigenvalue weighted by atomic mass is 9.71. The van der Waals surface area contributed by atoms with Gasteiger partial charge in [0.05, 0.1) is 5.41 Å². The van der Waals surface area contributed by atoms with Gasteiger partial charge in [-0.15, -0.1) is 0 Å². The molecule has 0 aromatic carbocycles. The number of alkyl halides is 3. The van der Waals surface area contributed by atoms with Crippen LogP contribution in [0.3, 0.4) is 0 Å². The fraction of sp³-hybridized carbons (Fsp3) is 1.00. The molecule has 0 unspecified atom stereocenters. The van der Waals surface area contributed by atoms with Crippen molar-refractivity contribution >= 4 is 0 Å². The molecule has 3 heteroatoms. The van der Waals surface area contributed by atoms with Gasteiger partial charge in [0.25, 0.3) is 0 Å². The molecule has 0 heterocycles. The van der Waals surface area contributed by atoms with E-state index in [4.69, 9.17) is 0 Å². The van der Waals surface area contributed by atoms with Crippen LogP contribution in [0.1, 0.15) is 46.0 Å². The van der Waals surface area contributed by atoms with Crippen LogP contribution in [0.5, 0.6) is 0 Å². The lowest BCUT2D eigenvalue weighted by Gasteiger charge is -2.38. The van der Waals surface area contributed by atoms with Gasteiger partial charge in [-0.25, -0.2) is 0 Å². The van der Waals surface area contributed by atoms with E-state index >= 15 is 0 Å². The molecule has 0 radical (unpaired) electrons. The number of hydrogen-bond acceptors (Lipinski definition) is 0. The molecular weight excluding hydrogens is 177 g/mol. The molecule has 0 bridgehead atoms. The Morgan fingerprint density at radius 3 is 2.00 bits per heavy atom. The summed E-state index contributed by atoms with van der Waals surface area (Å²) in [6.07, 6.45) is -0.872. The summed E-state index contributed by atoms with van der Waals surface area (Å²) in [6, 6.07) is 0. The van der Waals surface area contributed by atoms with Crippen molar-refractivity contribution in [3.8, 4) is 0 Å². The van der Waals surface area contributed by atoms with Crippen LogP contribution in [-0.4, -0.2) is 6.18 Å². The normalized spacial score (nSPS) is 36.2. The second kappa shape index (κ2) is 3.50. The minimum atomic E-state index is -4.01. The Kier molecular flexibility index (Phi) is 2.93. The van der Waals surface area contributed by atoms with E-state index in [9.17, 15) is 13.2 Å². The minimum Gasteiger partial charge on any atom is -0.171 e. The van der Waals surface area contributed by atoms with Gasteiger partial charge >= 0.3 is 6.18 Å². The SMILES string of the molecule is CCC1CCC(C)(C(F)(F)F)CC1. The van der Waals surface area contributed by atoms with Crippen molar-refractivity contribution in [3.63, 3.8) is 0 Å². The van der Waals surface area contributed by atoms with E-state index in [0.717, 1.165) is 19.3 Å². The molecule has 78 valence electrons. The molecule has 0 atom stereocenters. The molecule has 0 aromatic heterocycles. The Labute approximate surface area is 77.5 Å². The van der Waals surface area contributed by atoms with Crippen LogP contribution in [0, 0.1) is 11.3 Å². The van der Waals surface area contributed by atoms with Crippen LogP contribution in [0.15, 0.2) is 0 Å². The fourth-order valence-electron chi connectivity index (χ4n) is 2.01. The first-order valence-electron chi connectivity index (χ1n) is 4.96. The molecule has 0 saturated heterocycles. The summed E-state index contributed by atoms with van der Waals surface area (Å²) in [6.45, 7) is 3.42. The summed E-state index contributed by atoms with van der Waals surface area (Å²) in [5.74, 6) is 0.524. The summed E-state index contributed by atoms with van der Waals surface area (Å²) in [5.41, 5.74) is -1.40. The van der Waals surface area contributed by atoms with Crippen molar-refractivity contribution < 1.29 is 13.2 Å². The van der Waals surface area contributed by atoms with E-state index in [1.807, 2.05) is 0 Å². The summed E-state index contributed by atoms with van der Waals surface area (Å²) < 4.78 is 37.7. The molecule has 1 aliphatic rings. The minimum absolute atomic E-state index is 0.314. The maximum Gasteiger partial charge on any atom is 0.394 e. The monoisotopic (exact) mass is 194 g/mol. The smallest absolute Gasteiger partial charge is 0.171 e. The van der Waals surface area contributed by atoms with Crippen LogP contribution in [0.4, 0.5) is 13.2 Å². The van der Waals surface area contributed by atoms with Gasteiger partial charge in [-0.3, -0.25) is 0 Å². The molecule has 1 saturated carbocycles. The summed E-state index contributed by atoms with van der Waals surface area (Å²) in [4.78, 5) is 0. The molecule has 0 spiro atoms. The third kappa shape index (κ3) is 2.18. The Hall–Kier alpha value is -0.210. The molecule has 0 nitrogen and oxygen atoms in total. The van der Waals surface area contributed by atoms with Crippen molar-refractivity contribution in [2.24, 2.45) is 11.3 Å². The molecule has 0 N–H and O–H groups in total. The molecule has 1 aliphatic carbocycles. The van der Waals surface area contributed by atoms with Crippen molar-refractivity contribution in [2.45, 2.75) is 52.1 Å². The zero-order valence-corrected chi connectivity index (χ0v) is 8.25. The number of rotatable bonds is 1. The van der Waals surface area contributed by atoms with E-state index < -0.39 is 11.6 Å². The molecule has 1 fully saturated rings. The third-order valence-electron chi connectivity index (χ3n) is 3.47. The second-order valence-corrected chi connectivity index (χ2v) is 4.41. The van der Waals surface area contributed by atoms with Crippen LogP contribution < -0.4 is 0 Å². The van der Waals surface area contributed by atoms with Gasteiger partial charge in [-0.1, -0.05) is 20.3 Å². The third-order valence-corrected chi connectivity index (χ3v) is 3.47. The van der Waals surface area contributed by atoms with Gasteiger partial charge in [-0.05, 0) is 31.6 Å². The molecule has 13 heavy (non-hydrogen) atoms. The van der Waals surface area contributed by atoms with Crippen molar-refractivity contribution in [1.82, 2.24) is 0 Å². The standard InChI is InChI=1S/C10H17F3/c1-3-8-4-6-9(2,7-5-8)10(11,12)13/h8H,3-7H2,1-2H3. The number of hydrogen-bond donors (Lipinski definition) is 0.